The van der Waals surface area contributed by atoms with Gasteiger partial charge in [-0.15, -0.1) is 0 Å². The van der Waals surface area contributed by atoms with Crippen LogP contribution in [0.1, 0.15) is 35.2 Å². The van der Waals surface area contributed by atoms with Gasteiger partial charge in [0.05, 0.1) is 37.1 Å². The lowest BCUT2D eigenvalue weighted by Gasteiger charge is -2.34. The van der Waals surface area contributed by atoms with E-state index in [1.165, 1.54) is 7.11 Å². The molecule has 0 unspecified atom stereocenters. The monoisotopic (exact) mass is 570 g/mol. The number of anilines is 4. The van der Waals surface area contributed by atoms with Crippen molar-refractivity contribution in [1.29, 1.82) is 0 Å². The van der Waals surface area contributed by atoms with Crippen LogP contribution in [0.4, 0.5) is 36.2 Å². The van der Waals surface area contributed by atoms with Gasteiger partial charge in [0.1, 0.15) is 5.75 Å². The number of fused-ring (bicyclic) bond motifs is 1. The molecule has 3 heterocycles. The number of halogens is 3. The minimum atomic E-state index is -4.61. The van der Waals surface area contributed by atoms with Crippen LogP contribution in [0, 0.1) is 0 Å². The maximum Gasteiger partial charge on any atom is 0.419 e. The van der Waals surface area contributed by atoms with Crippen molar-refractivity contribution in [3.63, 3.8) is 0 Å². The van der Waals surface area contributed by atoms with Crippen LogP contribution in [-0.2, 0) is 30.2 Å². The number of carbonyl (C=O) groups is 1. The van der Waals surface area contributed by atoms with Gasteiger partial charge in [-0.25, -0.2) is 9.97 Å². The Morgan fingerprint density at radius 3 is 2.71 bits per heavy atom. The first-order valence-corrected chi connectivity index (χ1v) is 13.6. The summed E-state index contributed by atoms with van der Waals surface area (Å²) >= 11 is 0. The lowest BCUT2D eigenvalue weighted by Crippen LogP contribution is -2.43. The number of carbonyl (C=O) groups excluding carboxylic acids is 1. The number of alkyl halides is 3. The summed E-state index contributed by atoms with van der Waals surface area (Å²) in [6.45, 7) is 2.39. The molecule has 2 aliphatic rings. The minimum absolute atomic E-state index is 0.0237. The van der Waals surface area contributed by atoms with Gasteiger partial charge in [0.15, 0.2) is 0 Å². The Hall–Kier alpha value is -3.90. The highest BCUT2D eigenvalue weighted by Crippen LogP contribution is 2.35. The number of nitrogens with zero attached hydrogens (tertiary/aromatic N) is 3. The van der Waals surface area contributed by atoms with Gasteiger partial charge < -0.3 is 30.7 Å². The van der Waals surface area contributed by atoms with Crippen molar-refractivity contribution in [1.82, 2.24) is 15.3 Å². The highest BCUT2D eigenvalue weighted by atomic mass is 19.4. The van der Waals surface area contributed by atoms with Gasteiger partial charge >= 0.3 is 6.18 Å². The van der Waals surface area contributed by atoms with Gasteiger partial charge in [0.2, 0.25) is 11.9 Å². The molecule has 0 spiro atoms. The topological polar surface area (TPSA) is 112 Å². The molecule has 12 heteroatoms. The summed E-state index contributed by atoms with van der Waals surface area (Å²) in [7, 11) is 1.53. The number of aromatic nitrogens is 2. The van der Waals surface area contributed by atoms with Crippen molar-refractivity contribution in [2.24, 2.45) is 0 Å². The second kappa shape index (κ2) is 12.3. The number of piperidine rings is 1. The lowest BCUT2D eigenvalue weighted by atomic mass is 9.98. The van der Waals surface area contributed by atoms with Gasteiger partial charge in [-0.05, 0) is 55.0 Å². The zero-order valence-electron chi connectivity index (χ0n) is 22.7. The molecule has 2 aliphatic heterocycles. The molecule has 0 atom stereocenters. The third-order valence-corrected chi connectivity index (χ3v) is 7.53. The van der Waals surface area contributed by atoms with Gasteiger partial charge in [0, 0.05) is 49.3 Å². The number of nitrogens with one attached hydrogen (secondary N) is 3. The zero-order chi connectivity index (χ0) is 29.0. The summed E-state index contributed by atoms with van der Waals surface area (Å²) in [5.74, 6) is 0.423. The van der Waals surface area contributed by atoms with Crippen LogP contribution in [0.3, 0.4) is 0 Å². The third kappa shape index (κ3) is 6.71. The maximum atomic E-state index is 13.8. The van der Waals surface area contributed by atoms with E-state index in [1.54, 1.807) is 12.1 Å². The molecule has 4 N–H and O–H groups in total. The molecule has 41 heavy (non-hydrogen) atoms. The van der Waals surface area contributed by atoms with E-state index in [-0.39, 0.29) is 37.0 Å². The largest absolute Gasteiger partial charge is 0.494 e. The van der Waals surface area contributed by atoms with Crippen molar-refractivity contribution in [3.8, 4) is 5.75 Å². The van der Waals surface area contributed by atoms with Gasteiger partial charge in [0.25, 0.3) is 0 Å². The fourth-order valence-corrected chi connectivity index (χ4v) is 5.42. The number of ether oxygens (including phenoxy) is 1. The Balaban J connectivity index is 1.32. The molecule has 218 valence electrons. The van der Waals surface area contributed by atoms with Gasteiger partial charge in [-0.3, -0.25) is 4.79 Å². The van der Waals surface area contributed by atoms with Crippen LogP contribution < -0.4 is 25.6 Å². The van der Waals surface area contributed by atoms with Gasteiger partial charge in [-0.2, -0.15) is 13.2 Å². The Bertz CT molecular complexity index is 1390. The molecule has 1 aromatic heterocycles. The zero-order valence-corrected chi connectivity index (χ0v) is 22.7. The number of hydrogen-bond donors (Lipinski definition) is 4. The molecule has 1 fully saturated rings. The molecule has 2 aromatic carbocycles. The van der Waals surface area contributed by atoms with Crippen molar-refractivity contribution in [2.75, 3.05) is 48.9 Å². The first kappa shape index (κ1) is 28.6. The number of aliphatic hydroxyl groups excluding tert-OH is 1. The average molecular weight is 571 g/mol. The smallest absolute Gasteiger partial charge is 0.419 e. The van der Waals surface area contributed by atoms with E-state index in [0.717, 1.165) is 48.9 Å². The summed E-state index contributed by atoms with van der Waals surface area (Å²) in [4.78, 5) is 22.3. The standard InChI is InChI=1S/C29H33F3N6O3/c1-41-26-15-20(38-12-9-19(10-13-38)33-11-14-39)6-8-25(26)37-28-34-17-22(29(30,31)32)24(36-28)7-5-18-3-2-4-23-21(18)16-27(40)35-23/h2-4,6,8,15,17,19,33,39H,5,7,9-14,16H2,1H3,(H,35,40)(H,34,36,37). The molecule has 5 rings (SSSR count). The van der Waals surface area contributed by atoms with Crippen molar-refractivity contribution in [2.45, 2.75) is 44.3 Å². The van der Waals surface area contributed by atoms with E-state index >= 15 is 0 Å². The molecule has 0 radical (unpaired) electrons. The normalized spacial score (nSPS) is 15.5. The Morgan fingerprint density at radius 1 is 1.17 bits per heavy atom. The molecule has 9 nitrogen and oxygen atoms in total. The number of benzene rings is 2. The van der Waals surface area contributed by atoms with Crippen LogP contribution in [0.2, 0.25) is 0 Å². The predicted octanol–water partition coefficient (Wildman–Crippen LogP) is 4.08. The molecule has 0 saturated carbocycles. The third-order valence-electron chi connectivity index (χ3n) is 7.53. The number of aryl methyl sites for hydroxylation is 2. The van der Waals surface area contributed by atoms with E-state index in [4.69, 9.17) is 9.84 Å². The van der Waals surface area contributed by atoms with E-state index in [2.05, 4.69) is 30.8 Å². The molecule has 0 aliphatic carbocycles. The number of amides is 1. The summed E-state index contributed by atoms with van der Waals surface area (Å²) in [5.41, 5.74) is 2.83. The van der Waals surface area contributed by atoms with Crippen molar-refractivity contribution >= 4 is 28.9 Å². The second-order valence-electron chi connectivity index (χ2n) is 10.2. The maximum absolute atomic E-state index is 13.8. The number of hydrogen-bond acceptors (Lipinski definition) is 8. The number of rotatable bonds is 10. The van der Waals surface area contributed by atoms with Crippen LogP contribution >= 0.6 is 0 Å². The van der Waals surface area contributed by atoms with Crippen LogP contribution in [0.5, 0.6) is 5.75 Å². The van der Waals surface area contributed by atoms with Gasteiger partial charge in [-0.1, -0.05) is 12.1 Å². The molecule has 0 bridgehead atoms. The number of methoxy groups -OCH3 is 1. The van der Waals surface area contributed by atoms with Crippen LogP contribution in [0.15, 0.2) is 42.6 Å². The summed E-state index contributed by atoms with van der Waals surface area (Å²) in [5, 5.41) is 18.2. The van der Waals surface area contributed by atoms with Crippen LogP contribution in [-0.4, -0.2) is 60.4 Å². The summed E-state index contributed by atoms with van der Waals surface area (Å²) in [6, 6.07) is 11.4. The second-order valence-corrected chi connectivity index (χ2v) is 10.2. The number of aliphatic hydroxyl groups is 1. The van der Waals surface area contributed by atoms with Crippen molar-refractivity contribution in [3.05, 3.63) is 65.0 Å². The lowest BCUT2D eigenvalue weighted by molar-refractivity contribution is -0.138. The quantitative estimate of drug-likeness (QED) is 0.289. The minimum Gasteiger partial charge on any atom is -0.494 e. The highest BCUT2D eigenvalue weighted by molar-refractivity contribution is 5.99. The molecule has 1 amide bonds. The Labute approximate surface area is 236 Å². The fourth-order valence-electron chi connectivity index (χ4n) is 5.42. The molecular formula is C29H33F3N6O3. The predicted molar refractivity (Wildman–Crippen MR) is 150 cm³/mol. The Kier molecular flexibility index (Phi) is 8.60. The first-order chi connectivity index (χ1) is 19.7. The van der Waals surface area contributed by atoms with Crippen molar-refractivity contribution < 1.29 is 27.8 Å². The SMILES string of the molecule is COc1cc(N2CCC(NCCO)CC2)ccc1Nc1ncc(C(F)(F)F)c(CCc2cccc3c2CC(=O)N3)n1. The highest BCUT2D eigenvalue weighted by Gasteiger charge is 2.35. The van der Waals surface area contributed by atoms with E-state index in [9.17, 15) is 18.0 Å². The molecule has 1 saturated heterocycles. The van der Waals surface area contributed by atoms with E-state index in [1.807, 2.05) is 24.3 Å². The average Bonchev–Trinajstić information content (AvgIpc) is 3.35. The van der Waals surface area contributed by atoms with E-state index < -0.39 is 11.7 Å². The van der Waals surface area contributed by atoms with E-state index in [0.29, 0.717) is 36.1 Å². The van der Waals surface area contributed by atoms with Crippen LogP contribution in [0.25, 0.3) is 0 Å². The first-order valence-electron chi connectivity index (χ1n) is 13.6. The summed E-state index contributed by atoms with van der Waals surface area (Å²) < 4.78 is 47.1. The fraction of sp³-hybridized carbons (Fsp3) is 0.414. The molecule has 3 aromatic rings. The summed E-state index contributed by atoms with van der Waals surface area (Å²) in [6.07, 6.45) is -1.38. The Morgan fingerprint density at radius 2 is 1.98 bits per heavy atom. The molecular weight excluding hydrogens is 537 g/mol.